The minimum Gasteiger partial charge on any atom is -0.352 e. The Morgan fingerprint density at radius 2 is 1.84 bits per heavy atom. The summed E-state index contributed by atoms with van der Waals surface area (Å²) in [5, 5.41) is 3.07. The fraction of sp³-hybridized carbons (Fsp3) is 0.667. The lowest BCUT2D eigenvalue weighted by atomic mass is 9.86. The van der Waals surface area contributed by atoms with Crippen LogP contribution in [0.2, 0.25) is 0 Å². The van der Waals surface area contributed by atoms with Crippen LogP contribution in [0.1, 0.15) is 71.3 Å². The van der Waals surface area contributed by atoms with Crippen molar-refractivity contribution in [1.29, 1.82) is 0 Å². The fourth-order valence-corrected chi connectivity index (χ4v) is 6.93. The Bertz CT molecular complexity index is 998. The van der Waals surface area contributed by atoms with Crippen LogP contribution >= 0.6 is 0 Å². The third-order valence-electron chi connectivity index (χ3n) is 7.24. The molecule has 1 saturated heterocycles. The summed E-state index contributed by atoms with van der Waals surface area (Å²) < 4.78 is 28.1. The first-order chi connectivity index (χ1) is 15.1. The van der Waals surface area contributed by atoms with Crippen molar-refractivity contribution in [1.82, 2.24) is 9.62 Å². The first-order valence-corrected chi connectivity index (χ1v) is 13.3. The molecule has 7 nitrogen and oxygen atoms in total. The van der Waals surface area contributed by atoms with E-state index in [-0.39, 0.29) is 29.3 Å². The molecule has 1 aliphatic carbocycles. The summed E-state index contributed by atoms with van der Waals surface area (Å²) in [6, 6.07) is 5.09. The Labute approximate surface area is 191 Å². The fourth-order valence-electron chi connectivity index (χ4n) is 5.31. The van der Waals surface area contributed by atoms with Gasteiger partial charge in [-0.1, -0.05) is 26.2 Å². The van der Waals surface area contributed by atoms with E-state index in [1.807, 2.05) is 0 Å². The summed E-state index contributed by atoms with van der Waals surface area (Å²) in [5.74, 6) is 0.00415. The number of rotatable bonds is 5. The van der Waals surface area contributed by atoms with Gasteiger partial charge >= 0.3 is 0 Å². The van der Waals surface area contributed by atoms with Gasteiger partial charge in [0.05, 0.1) is 10.3 Å². The van der Waals surface area contributed by atoms with Crippen molar-refractivity contribution in [2.75, 3.05) is 24.5 Å². The number of hydrogen-bond acceptors (Lipinski definition) is 4. The number of nitrogens with one attached hydrogen (secondary N) is 1. The van der Waals surface area contributed by atoms with Crippen molar-refractivity contribution in [2.45, 2.75) is 82.1 Å². The molecule has 1 aromatic rings. The van der Waals surface area contributed by atoms with Crippen LogP contribution in [-0.4, -0.2) is 50.2 Å². The Balaban J connectivity index is 1.57. The second kappa shape index (κ2) is 8.78. The molecule has 2 heterocycles. The molecule has 1 unspecified atom stereocenters. The Hall–Kier alpha value is -1.93. The normalized spacial score (nSPS) is 24.4. The second-order valence-corrected chi connectivity index (χ2v) is 12.1. The Morgan fingerprint density at radius 1 is 1.12 bits per heavy atom. The third kappa shape index (κ3) is 4.31. The molecule has 32 heavy (non-hydrogen) atoms. The van der Waals surface area contributed by atoms with E-state index in [2.05, 4.69) is 12.2 Å². The van der Waals surface area contributed by atoms with E-state index in [1.54, 1.807) is 36.4 Å². The molecule has 2 fully saturated rings. The molecule has 4 rings (SSSR count). The van der Waals surface area contributed by atoms with Crippen LogP contribution in [0.3, 0.4) is 0 Å². The van der Waals surface area contributed by atoms with E-state index in [0.717, 1.165) is 38.5 Å². The van der Waals surface area contributed by atoms with Crippen LogP contribution in [0.4, 0.5) is 5.69 Å². The van der Waals surface area contributed by atoms with E-state index in [0.29, 0.717) is 30.3 Å². The van der Waals surface area contributed by atoms with Crippen LogP contribution in [0.5, 0.6) is 0 Å². The van der Waals surface area contributed by atoms with Gasteiger partial charge in [-0.15, -0.1) is 0 Å². The highest BCUT2D eigenvalue weighted by molar-refractivity contribution is 7.89. The van der Waals surface area contributed by atoms with Crippen LogP contribution in [0.15, 0.2) is 23.1 Å². The maximum absolute atomic E-state index is 13.3. The lowest BCUT2D eigenvalue weighted by molar-refractivity contribution is -0.126. The SMILES string of the molecule is CC1CCCN(S(=O)(=O)c2ccc3c(c2)C(C)(C)C(=O)N3CC(=O)NC2CCCCC2)C1. The highest BCUT2D eigenvalue weighted by Crippen LogP contribution is 2.43. The predicted octanol–water partition coefficient (Wildman–Crippen LogP) is 3.18. The molecule has 0 radical (unpaired) electrons. The smallest absolute Gasteiger partial charge is 0.243 e. The minimum atomic E-state index is -3.62. The molecule has 0 bridgehead atoms. The molecule has 3 aliphatic rings. The van der Waals surface area contributed by atoms with Crippen LogP contribution in [0, 0.1) is 5.92 Å². The number of nitrogens with zero attached hydrogens (tertiary/aromatic N) is 2. The maximum atomic E-state index is 13.3. The number of carbonyl (C=O) groups is 2. The van der Waals surface area contributed by atoms with Crippen molar-refractivity contribution >= 4 is 27.5 Å². The molecule has 1 aromatic carbocycles. The van der Waals surface area contributed by atoms with Gasteiger partial charge in [0, 0.05) is 24.8 Å². The zero-order chi connectivity index (χ0) is 23.1. The molecule has 1 saturated carbocycles. The van der Waals surface area contributed by atoms with Gasteiger partial charge in [-0.2, -0.15) is 4.31 Å². The molecular weight excluding hydrogens is 426 g/mol. The van der Waals surface area contributed by atoms with Gasteiger partial charge < -0.3 is 10.2 Å². The van der Waals surface area contributed by atoms with Crippen LogP contribution in [-0.2, 0) is 25.0 Å². The highest BCUT2D eigenvalue weighted by atomic mass is 32.2. The van der Waals surface area contributed by atoms with Gasteiger partial charge in [0.25, 0.3) is 0 Å². The highest BCUT2D eigenvalue weighted by Gasteiger charge is 2.45. The third-order valence-corrected chi connectivity index (χ3v) is 9.10. The van der Waals surface area contributed by atoms with Crippen molar-refractivity contribution in [3.05, 3.63) is 23.8 Å². The number of fused-ring (bicyclic) bond motifs is 1. The molecule has 8 heteroatoms. The summed E-state index contributed by atoms with van der Waals surface area (Å²) >= 11 is 0. The molecule has 176 valence electrons. The average molecular weight is 462 g/mol. The van der Waals surface area contributed by atoms with E-state index < -0.39 is 15.4 Å². The summed E-state index contributed by atoms with van der Waals surface area (Å²) in [6.07, 6.45) is 7.32. The van der Waals surface area contributed by atoms with Gasteiger partial charge in [0.1, 0.15) is 6.54 Å². The number of amides is 2. The van der Waals surface area contributed by atoms with Crippen LogP contribution < -0.4 is 10.2 Å². The van der Waals surface area contributed by atoms with Crippen LogP contribution in [0.25, 0.3) is 0 Å². The number of carbonyl (C=O) groups excluding carboxylic acids is 2. The number of anilines is 1. The zero-order valence-corrected chi connectivity index (χ0v) is 20.2. The molecule has 0 spiro atoms. The van der Waals surface area contributed by atoms with Crippen molar-refractivity contribution in [2.24, 2.45) is 5.92 Å². The molecule has 2 aliphatic heterocycles. The molecular formula is C24H35N3O4S. The zero-order valence-electron chi connectivity index (χ0n) is 19.4. The number of piperidine rings is 1. The number of benzene rings is 1. The topological polar surface area (TPSA) is 86.8 Å². The van der Waals surface area contributed by atoms with E-state index in [9.17, 15) is 18.0 Å². The number of sulfonamides is 1. The van der Waals surface area contributed by atoms with Crippen molar-refractivity contribution < 1.29 is 18.0 Å². The summed E-state index contributed by atoms with van der Waals surface area (Å²) in [6.45, 7) is 6.68. The maximum Gasteiger partial charge on any atom is 0.243 e. The largest absolute Gasteiger partial charge is 0.352 e. The average Bonchev–Trinajstić information content (AvgIpc) is 2.95. The Kier molecular flexibility index (Phi) is 6.38. The van der Waals surface area contributed by atoms with Gasteiger partial charge in [-0.3, -0.25) is 9.59 Å². The molecule has 0 aromatic heterocycles. The molecule has 2 amide bonds. The summed E-state index contributed by atoms with van der Waals surface area (Å²) in [4.78, 5) is 27.6. The van der Waals surface area contributed by atoms with E-state index >= 15 is 0 Å². The first-order valence-electron chi connectivity index (χ1n) is 11.9. The van der Waals surface area contributed by atoms with E-state index in [1.165, 1.54) is 11.3 Å². The summed E-state index contributed by atoms with van der Waals surface area (Å²) in [5.41, 5.74) is 0.408. The quantitative estimate of drug-likeness (QED) is 0.730. The van der Waals surface area contributed by atoms with Crippen molar-refractivity contribution in [3.8, 4) is 0 Å². The second-order valence-electron chi connectivity index (χ2n) is 10.2. The monoisotopic (exact) mass is 461 g/mol. The lowest BCUT2D eigenvalue weighted by Gasteiger charge is -2.30. The molecule has 1 atom stereocenters. The van der Waals surface area contributed by atoms with Crippen molar-refractivity contribution in [3.63, 3.8) is 0 Å². The standard InChI is InChI=1S/C24H35N3O4S/c1-17-8-7-13-26(15-17)32(30,31)19-11-12-21-20(14-19)24(2,3)23(29)27(21)16-22(28)25-18-9-5-4-6-10-18/h11-12,14,17-18H,4-10,13,15-16H2,1-3H3,(H,25,28). The molecule has 1 N–H and O–H groups in total. The summed E-state index contributed by atoms with van der Waals surface area (Å²) in [7, 11) is -3.62. The predicted molar refractivity (Wildman–Crippen MR) is 124 cm³/mol. The number of hydrogen-bond donors (Lipinski definition) is 1. The lowest BCUT2D eigenvalue weighted by Crippen LogP contribution is -2.45. The van der Waals surface area contributed by atoms with Gasteiger partial charge in [-0.25, -0.2) is 8.42 Å². The first kappa shape index (κ1) is 23.2. The van der Waals surface area contributed by atoms with E-state index in [4.69, 9.17) is 0 Å². The van der Waals surface area contributed by atoms with Gasteiger partial charge in [0.15, 0.2) is 0 Å². The Morgan fingerprint density at radius 3 is 2.53 bits per heavy atom. The van der Waals surface area contributed by atoms with Gasteiger partial charge in [0.2, 0.25) is 21.8 Å². The van der Waals surface area contributed by atoms with Gasteiger partial charge in [-0.05, 0) is 69.2 Å². The minimum absolute atomic E-state index is 0.0402.